The molecule has 0 aliphatic carbocycles. The van der Waals surface area contributed by atoms with Crippen molar-refractivity contribution in [1.82, 2.24) is 19.6 Å². The molecule has 4 aliphatic rings. The molecule has 0 radical (unpaired) electrons. The predicted molar refractivity (Wildman–Crippen MR) is 277 cm³/mol. The van der Waals surface area contributed by atoms with Crippen LogP contribution < -0.4 is 9.47 Å². The average molecular weight is 917 g/mol. The zero-order chi connectivity index (χ0) is 45.2. The molecule has 2 fully saturated rings. The van der Waals surface area contributed by atoms with Crippen molar-refractivity contribution in [2.75, 3.05) is 65.9 Å². The van der Waals surface area contributed by atoms with Gasteiger partial charge in [0.25, 0.3) is 0 Å². The highest BCUT2D eigenvalue weighted by atomic mass is 32.2. The Morgan fingerprint density at radius 1 is 0.485 bits per heavy atom. The number of hydrogen-bond donors (Lipinski definition) is 0. The van der Waals surface area contributed by atoms with Gasteiger partial charge in [-0.05, 0) is 184 Å². The normalized spacial score (nSPS) is 19.3. The number of thioether (sulfide) groups is 2. The lowest BCUT2D eigenvalue weighted by Gasteiger charge is -2.34. The molecular formula is C58H68N4O2S2. The number of likely N-dealkylation sites (tertiary alicyclic amines) is 2. The van der Waals surface area contributed by atoms with Crippen molar-refractivity contribution in [2.24, 2.45) is 0 Å². The Labute approximate surface area is 403 Å². The van der Waals surface area contributed by atoms with Gasteiger partial charge in [0.15, 0.2) is 0 Å². The van der Waals surface area contributed by atoms with Gasteiger partial charge in [-0.2, -0.15) is 0 Å². The van der Waals surface area contributed by atoms with Crippen molar-refractivity contribution in [3.63, 3.8) is 0 Å². The highest BCUT2D eigenvalue weighted by Crippen LogP contribution is 2.42. The maximum Gasteiger partial charge on any atom is 0.131 e. The molecule has 2 saturated heterocycles. The SMILES string of the molecule is CSc1ccc(C2CN(C)Cc3cc(Oc4cccc(CN5CCCCC5)c4)ccc32)cc1.CSc1ccc(C2CN(C)Cc3cccc(Oc4cccc(CN5CCCCC5)c4)c32)cc1. The summed E-state index contributed by atoms with van der Waals surface area (Å²) in [4.78, 5) is 12.6. The number of ether oxygens (including phenoxy) is 2. The summed E-state index contributed by atoms with van der Waals surface area (Å²) >= 11 is 3.58. The lowest BCUT2D eigenvalue weighted by atomic mass is 9.84. The van der Waals surface area contributed by atoms with Crippen LogP contribution in [0.5, 0.6) is 23.0 Å². The molecule has 6 aromatic rings. The summed E-state index contributed by atoms with van der Waals surface area (Å²) in [6.07, 6.45) is 12.3. The average Bonchev–Trinajstić information content (AvgIpc) is 3.34. The summed E-state index contributed by atoms with van der Waals surface area (Å²) in [7, 11) is 4.42. The van der Waals surface area contributed by atoms with E-state index >= 15 is 0 Å². The summed E-state index contributed by atoms with van der Waals surface area (Å²) in [5, 5.41) is 0. The molecule has 0 bridgehead atoms. The van der Waals surface area contributed by atoms with Crippen LogP contribution in [-0.2, 0) is 26.2 Å². The maximum absolute atomic E-state index is 6.60. The van der Waals surface area contributed by atoms with Gasteiger partial charge in [-0.3, -0.25) is 9.80 Å². The Balaban J connectivity index is 0.000000166. The number of likely N-dealkylation sites (N-methyl/N-ethyl adjacent to an activating group) is 2. The standard InChI is InChI=1S/2C29H34N2OS/c1-30-20-24-9-7-11-28(29(24)27(21-30)23-12-14-26(33-2)15-13-23)32-25-10-6-8-22(18-25)19-31-16-4-3-5-17-31;1-30-20-24-18-26(11-14-28(24)29(21-30)23-9-12-27(33-2)13-10-23)32-25-8-6-7-22(17-25)19-31-15-4-3-5-16-31/h6-15,18,27H,3-5,16-17,19-21H2,1-2H3;6-14,17-18,29H,3-5,15-16,19-21H2,1-2H3. The predicted octanol–water partition coefficient (Wildman–Crippen LogP) is 13.5. The molecule has 4 heterocycles. The van der Waals surface area contributed by atoms with Gasteiger partial charge in [-0.15, -0.1) is 23.5 Å². The molecule has 0 saturated carbocycles. The smallest absolute Gasteiger partial charge is 0.131 e. The molecule has 6 nitrogen and oxygen atoms in total. The monoisotopic (exact) mass is 916 g/mol. The van der Waals surface area contributed by atoms with Crippen LogP contribution in [0.2, 0.25) is 0 Å². The van der Waals surface area contributed by atoms with E-state index in [1.807, 2.05) is 0 Å². The molecule has 0 spiro atoms. The highest BCUT2D eigenvalue weighted by Gasteiger charge is 2.29. The van der Waals surface area contributed by atoms with E-state index in [2.05, 4.69) is 180 Å². The fourth-order valence-corrected chi connectivity index (χ4v) is 11.3. The molecule has 66 heavy (non-hydrogen) atoms. The molecule has 2 unspecified atom stereocenters. The highest BCUT2D eigenvalue weighted by molar-refractivity contribution is 7.98. The fraction of sp³-hybridized carbons (Fsp3) is 0.379. The van der Waals surface area contributed by atoms with Crippen LogP contribution in [0.3, 0.4) is 0 Å². The molecule has 0 N–H and O–H groups in total. The summed E-state index contributed by atoms with van der Waals surface area (Å²) in [6, 6.07) is 48.6. The van der Waals surface area contributed by atoms with Gasteiger partial charge in [0.1, 0.15) is 23.0 Å². The first kappa shape index (κ1) is 46.6. The second-order valence-corrected chi connectivity index (χ2v) is 20.7. The Hall–Kier alpha value is -4.54. The van der Waals surface area contributed by atoms with E-state index < -0.39 is 0 Å². The second kappa shape index (κ2) is 22.5. The van der Waals surface area contributed by atoms with Crippen LogP contribution in [0, 0.1) is 0 Å². The zero-order valence-electron chi connectivity index (χ0n) is 39.6. The Morgan fingerprint density at radius 3 is 1.56 bits per heavy atom. The number of rotatable bonds is 12. The van der Waals surface area contributed by atoms with E-state index in [1.54, 1.807) is 23.5 Å². The van der Waals surface area contributed by atoms with E-state index in [-0.39, 0.29) is 0 Å². The molecule has 8 heteroatoms. The summed E-state index contributed by atoms with van der Waals surface area (Å²) in [6.45, 7) is 10.8. The van der Waals surface area contributed by atoms with Crippen molar-refractivity contribution < 1.29 is 9.47 Å². The fourth-order valence-electron chi connectivity index (χ4n) is 10.5. The van der Waals surface area contributed by atoms with E-state index in [0.717, 1.165) is 62.3 Å². The third-order valence-electron chi connectivity index (χ3n) is 13.9. The van der Waals surface area contributed by atoms with Crippen molar-refractivity contribution in [3.8, 4) is 23.0 Å². The van der Waals surface area contributed by atoms with Gasteiger partial charge in [0.05, 0.1) is 0 Å². The Morgan fingerprint density at radius 2 is 0.985 bits per heavy atom. The molecule has 6 aromatic carbocycles. The summed E-state index contributed by atoms with van der Waals surface area (Å²) in [5.41, 5.74) is 10.9. The minimum Gasteiger partial charge on any atom is -0.457 e. The van der Waals surface area contributed by atoms with Crippen LogP contribution in [0.15, 0.2) is 143 Å². The van der Waals surface area contributed by atoms with E-state index in [9.17, 15) is 0 Å². The van der Waals surface area contributed by atoms with Gasteiger partial charge in [0.2, 0.25) is 0 Å². The van der Waals surface area contributed by atoms with E-state index in [0.29, 0.717) is 11.8 Å². The van der Waals surface area contributed by atoms with Crippen LogP contribution in [0.4, 0.5) is 0 Å². The quantitative estimate of drug-likeness (QED) is 0.112. The van der Waals surface area contributed by atoms with E-state index in [4.69, 9.17) is 9.47 Å². The van der Waals surface area contributed by atoms with Crippen molar-refractivity contribution in [2.45, 2.75) is 86.3 Å². The van der Waals surface area contributed by atoms with Gasteiger partial charge >= 0.3 is 0 Å². The van der Waals surface area contributed by atoms with Crippen LogP contribution in [-0.4, -0.2) is 85.5 Å². The van der Waals surface area contributed by atoms with E-state index in [1.165, 1.54) is 119 Å². The topological polar surface area (TPSA) is 31.4 Å². The van der Waals surface area contributed by atoms with Gasteiger partial charge in [0, 0.05) is 66.5 Å². The lowest BCUT2D eigenvalue weighted by molar-refractivity contribution is 0.220. The van der Waals surface area contributed by atoms with Crippen molar-refractivity contribution in [1.29, 1.82) is 0 Å². The third kappa shape index (κ3) is 11.9. The van der Waals surface area contributed by atoms with Gasteiger partial charge in [-0.1, -0.05) is 79.6 Å². The van der Waals surface area contributed by atoms with Crippen LogP contribution >= 0.6 is 23.5 Å². The van der Waals surface area contributed by atoms with Crippen molar-refractivity contribution in [3.05, 3.63) is 178 Å². The first-order valence-electron chi connectivity index (χ1n) is 24.3. The minimum absolute atomic E-state index is 0.308. The lowest BCUT2D eigenvalue weighted by Crippen LogP contribution is -2.31. The Kier molecular flexibility index (Phi) is 15.9. The molecule has 0 amide bonds. The van der Waals surface area contributed by atoms with Gasteiger partial charge < -0.3 is 19.3 Å². The number of hydrogen-bond acceptors (Lipinski definition) is 8. The van der Waals surface area contributed by atoms with Gasteiger partial charge in [-0.25, -0.2) is 0 Å². The number of nitrogens with zero attached hydrogens (tertiary/aromatic N) is 4. The maximum atomic E-state index is 6.60. The first-order chi connectivity index (χ1) is 32.4. The first-order valence-corrected chi connectivity index (χ1v) is 26.7. The summed E-state index contributed by atoms with van der Waals surface area (Å²) in [5.74, 6) is 4.50. The Bertz CT molecular complexity index is 2500. The molecule has 0 aromatic heterocycles. The number of benzene rings is 6. The van der Waals surface area contributed by atoms with Crippen LogP contribution in [0.25, 0.3) is 0 Å². The summed E-state index contributed by atoms with van der Waals surface area (Å²) < 4.78 is 12.9. The van der Waals surface area contributed by atoms with Crippen molar-refractivity contribution >= 4 is 23.5 Å². The second-order valence-electron chi connectivity index (χ2n) is 18.9. The minimum atomic E-state index is 0.308. The molecule has 4 aliphatic heterocycles. The number of piperidine rings is 2. The molecular weight excluding hydrogens is 849 g/mol. The molecule has 2 atom stereocenters. The third-order valence-corrected chi connectivity index (χ3v) is 15.4. The molecule has 344 valence electrons. The zero-order valence-corrected chi connectivity index (χ0v) is 41.2. The largest absolute Gasteiger partial charge is 0.457 e. The number of fused-ring (bicyclic) bond motifs is 2. The molecule has 10 rings (SSSR count). The van der Waals surface area contributed by atoms with Crippen LogP contribution in [0.1, 0.15) is 94.9 Å².